The van der Waals surface area contributed by atoms with E-state index < -0.39 is 0 Å². The minimum absolute atomic E-state index is 0.0651. The smallest absolute Gasteiger partial charge is 0.0702 e. The Bertz CT molecular complexity index is 395. The van der Waals surface area contributed by atoms with Crippen LogP contribution < -0.4 is 4.90 Å². The maximum atomic E-state index is 9.36. The highest BCUT2D eigenvalue weighted by atomic mass is 35.5. The summed E-state index contributed by atoms with van der Waals surface area (Å²) in [6.45, 7) is 2.09. The number of aliphatic hydroxyl groups is 1. The molecule has 0 aromatic heterocycles. The number of hydrogen-bond donors (Lipinski definition) is 1. The molecule has 1 aromatic carbocycles. The second-order valence-corrected chi connectivity index (χ2v) is 5.22. The van der Waals surface area contributed by atoms with E-state index in [9.17, 15) is 5.11 Å². The van der Waals surface area contributed by atoms with E-state index in [1.54, 1.807) is 0 Å². The lowest BCUT2D eigenvalue weighted by atomic mass is 10.1. The zero-order valence-electron chi connectivity index (χ0n) is 10.4. The number of anilines is 1. The summed E-state index contributed by atoms with van der Waals surface area (Å²) < 4.78 is 0. The van der Waals surface area contributed by atoms with Crippen LogP contribution in [0.4, 0.5) is 5.69 Å². The van der Waals surface area contributed by atoms with Crippen LogP contribution in [0.15, 0.2) is 18.2 Å². The molecule has 1 atom stereocenters. The van der Waals surface area contributed by atoms with Gasteiger partial charge in [0.15, 0.2) is 0 Å². The van der Waals surface area contributed by atoms with Crippen molar-refractivity contribution in [3.63, 3.8) is 0 Å². The summed E-state index contributed by atoms with van der Waals surface area (Å²) >= 11 is 6.03. The van der Waals surface area contributed by atoms with E-state index in [0.717, 1.165) is 35.8 Å². The van der Waals surface area contributed by atoms with Gasteiger partial charge in [-0.25, -0.2) is 0 Å². The largest absolute Gasteiger partial charge is 0.392 e. The highest BCUT2D eigenvalue weighted by Crippen LogP contribution is 2.28. The minimum atomic E-state index is 0.0651. The van der Waals surface area contributed by atoms with Gasteiger partial charge in [0.25, 0.3) is 0 Å². The van der Waals surface area contributed by atoms with Crippen molar-refractivity contribution in [2.24, 2.45) is 0 Å². The van der Waals surface area contributed by atoms with Crippen molar-refractivity contribution in [3.05, 3.63) is 28.8 Å². The standard InChI is InChI=1S/C13H19ClN2O/c1-15(2)12-5-6-16(8-12)13-7-11(14)4-3-10(13)9-17/h3-4,7,12,17H,5-6,8-9H2,1-2H3. The molecule has 1 aliphatic rings. The summed E-state index contributed by atoms with van der Waals surface area (Å²) in [6.07, 6.45) is 1.16. The molecule has 1 aliphatic heterocycles. The predicted molar refractivity (Wildman–Crippen MR) is 71.7 cm³/mol. The van der Waals surface area contributed by atoms with E-state index in [0.29, 0.717) is 6.04 Å². The Morgan fingerprint density at radius 2 is 2.24 bits per heavy atom. The molecule has 4 heteroatoms. The van der Waals surface area contributed by atoms with Crippen LogP contribution in [0.1, 0.15) is 12.0 Å². The lowest BCUT2D eigenvalue weighted by Crippen LogP contribution is -2.31. The zero-order valence-corrected chi connectivity index (χ0v) is 11.1. The van der Waals surface area contributed by atoms with Crippen LogP contribution in [0.3, 0.4) is 0 Å². The predicted octanol–water partition coefficient (Wildman–Crippen LogP) is 1.97. The molecule has 94 valence electrons. The highest BCUT2D eigenvalue weighted by Gasteiger charge is 2.25. The molecular weight excluding hydrogens is 236 g/mol. The first-order chi connectivity index (χ1) is 8.11. The van der Waals surface area contributed by atoms with Gasteiger partial charge < -0.3 is 14.9 Å². The third-order valence-electron chi connectivity index (χ3n) is 3.45. The first-order valence-electron chi connectivity index (χ1n) is 5.92. The molecule has 0 amide bonds. The van der Waals surface area contributed by atoms with Crippen molar-refractivity contribution in [2.45, 2.75) is 19.1 Å². The van der Waals surface area contributed by atoms with E-state index in [4.69, 9.17) is 11.6 Å². The third kappa shape index (κ3) is 2.73. The van der Waals surface area contributed by atoms with E-state index in [1.807, 2.05) is 18.2 Å². The summed E-state index contributed by atoms with van der Waals surface area (Å²) in [5, 5.41) is 10.1. The average molecular weight is 255 g/mol. The van der Waals surface area contributed by atoms with Gasteiger partial charge in [-0.2, -0.15) is 0 Å². The average Bonchev–Trinajstić information content (AvgIpc) is 2.78. The van der Waals surface area contributed by atoms with Gasteiger partial charge in [-0.3, -0.25) is 0 Å². The van der Waals surface area contributed by atoms with Crippen LogP contribution in [-0.2, 0) is 6.61 Å². The van der Waals surface area contributed by atoms with Gasteiger partial charge in [-0.15, -0.1) is 0 Å². The van der Waals surface area contributed by atoms with Gasteiger partial charge in [0.2, 0.25) is 0 Å². The van der Waals surface area contributed by atoms with Gasteiger partial charge in [-0.05, 0) is 32.6 Å². The molecule has 1 saturated heterocycles. The molecular formula is C13H19ClN2O. The monoisotopic (exact) mass is 254 g/mol. The number of halogens is 1. The minimum Gasteiger partial charge on any atom is -0.392 e. The van der Waals surface area contributed by atoms with Crippen LogP contribution >= 0.6 is 11.6 Å². The molecule has 0 saturated carbocycles. The van der Waals surface area contributed by atoms with Crippen molar-refractivity contribution in [3.8, 4) is 0 Å². The Morgan fingerprint density at radius 3 is 2.82 bits per heavy atom. The van der Waals surface area contributed by atoms with Crippen LogP contribution in [0.25, 0.3) is 0 Å². The summed E-state index contributed by atoms with van der Waals surface area (Å²) in [7, 11) is 4.22. The first kappa shape index (κ1) is 12.7. The zero-order chi connectivity index (χ0) is 12.4. The fourth-order valence-corrected chi connectivity index (χ4v) is 2.51. The Kier molecular flexibility index (Phi) is 3.92. The van der Waals surface area contributed by atoms with Gasteiger partial charge in [0.05, 0.1) is 6.61 Å². The van der Waals surface area contributed by atoms with Crippen LogP contribution in [0.5, 0.6) is 0 Å². The van der Waals surface area contributed by atoms with Crippen LogP contribution in [0, 0.1) is 0 Å². The maximum absolute atomic E-state index is 9.36. The van der Waals surface area contributed by atoms with Crippen molar-refractivity contribution < 1.29 is 5.11 Å². The third-order valence-corrected chi connectivity index (χ3v) is 3.69. The SMILES string of the molecule is CN(C)C1CCN(c2cc(Cl)ccc2CO)C1. The Hall–Kier alpha value is -0.770. The number of benzene rings is 1. The number of likely N-dealkylation sites (N-methyl/N-ethyl adjacent to an activating group) is 1. The van der Waals surface area contributed by atoms with E-state index in [2.05, 4.69) is 23.9 Å². The summed E-state index contributed by atoms with van der Waals surface area (Å²) in [5.74, 6) is 0. The van der Waals surface area contributed by atoms with Crippen LogP contribution in [0.2, 0.25) is 5.02 Å². The molecule has 1 unspecified atom stereocenters. The molecule has 2 rings (SSSR count). The van der Waals surface area contributed by atoms with E-state index >= 15 is 0 Å². The molecule has 0 aliphatic carbocycles. The van der Waals surface area contributed by atoms with E-state index in [1.165, 1.54) is 0 Å². The molecule has 1 fully saturated rings. The molecule has 1 heterocycles. The van der Waals surface area contributed by atoms with Crippen molar-refractivity contribution in [2.75, 3.05) is 32.1 Å². The number of rotatable bonds is 3. The molecule has 0 radical (unpaired) electrons. The van der Waals surface area contributed by atoms with Crippen molar-refractivity contribution >= 4 is 17.3 Å². The highest BCUT2D eigenvalue weighted by molar-refractivity contribution is 6.30. The fraction of sp³-hybridized carbons (Fsp3) is 0.538. The van der Waals surface area contributed by atoms with Crippen LogP contribution in [-0.4, -0.2) is 43.2 Å². The lowest BCUT2D eigenvalue weighted by Gasteiger charge is -2.23. The number of aliphatic hydroxyl groups excluding tert-OH is 1. The fourth-order valence-electron chi connectivity index (χ4n) is 2.35. The summed E-state index contributed by atoms with van der Waals surface area (Å²) in [4.78, 5) is 4.56. The second kappa shape index (κ2) is 5.25. The van der Waals surface area contributed by atoms with Crippen molar-refractivity contribution in [1.82, 2.24) is 4.90 Å². The van der Waals surface area contributed by atoms with Gasteiger partial charge in [0, 0.05) is 35.4 Å². The van der Waals surface area contributed by atoms with Crippen molar-refractivity contribution in [1.29, 1.82) is 0 Å². The molecule has 17 heavy (non-hydrogen) atoms. The molecule has 0 spiro atoms. The quantitative estimate of drug-likeness (QED) is 0.894. The molecule has 3 nitrogen and oxygen atoms in total. The maximum Gasteiger partial charge on any atom is 0.0702 e. The van der Waals surface area contributed by atoms with Gasteiger partial charge in [0.1, 0.15) is 0 Å². The molecule has 0 bridgehead atoms. The Labute approximate surface area is 108 Å². The first-order valence-corrected chi connectivity index (χ1v) is 6.30. The van der Waals surface area contributed by atoms with E-state index in [-0.39, 0.29) is 6.61 Å². The molecule has 1 N–H and O–H groups in total. The van der Waals surface area contributed by atoms with Gasteiger partial charge >= 0.3 is 0 Å². The number of nitrogens with zero attached hydrogens (tertiary/aromatic N) is 2. The summed E-state index contributed by atoms with van der Waals surface area (Å²) in [6, 6.07) is 6.27. The molecule has 1 aromatic rings. The normalized spacial score (nSPS) is 20.3. The summed E-state index contributed by atoms with van der Waals surface area (Å²) in [5.41, 5.74) is 2.03. The van der Waals surface area contributed by atoms with Gasteiger partial charge in [-0.1, -0.05) is 17.7 Å². The Balaban J connectivity index is 2.20. The lowest BCUT2D eigenvalue weighted by molar-refractivity contribution is 0.282. The Morgan fingerprint density at radius 1 is 1.47 bits per heavy atom. The topological polar surface area (TPSA) is 26.7 Å². The number of hydrogen-bond acceptors (Lipinski definition) is 3. The second-order valence-electron chi connectivity index (χ2n) is 4.78.